The molecule has 1 aliphatic rings. The van der Waals surface area contributed by atoms with Crippen LogP contribution in [0.1, 0.15) is 11.1 Å². The lowest BCUT2D eigenvalue weighted by Crippen LogP contribution is -2.46. The third-order valence-electron chi connectivity index (χ3n) is 4.12. The van der Waals surface area contributed by atoms with Gasteiger partial charge in [-0.05, 0) is 48.2 Å². The maximum Gasteiger partial charge on any atom is 0.416 e. The maximum atomic E-state index is 12.8. The van der Waals surface area contributed by atoms with Crippen LogP contribution in [0, 0.1) is 12.3 Å². The monoisotopic (exact) mass is 344 g/mol. The first-order valence-corrected chi connectivity index (χ1v) is 7.68. The Morgan fingerprint density at radius 3 is 2.48 bits per heavy atom. The molecule has 0 bridgehead atoms. The Bertz CT molecular complexity index is 822. The smallest absolute Gasteiger partial charge is 0.340 e. The van der Waals surface area contributed by atoms with Gasteiger partial charge in [-0.3, -0.25) is 4.79 Å². The van der Waals surface area contributed by atoms with Gasteiger partial charge in [-0.2, -0.15) is 13.2 Å². The van der Waals surface area contributed by atoms with Crippen molar-refractivity contribution < 1.29 is 18.0 Å². The van der Waals surface area contributed by atoms with Crippen molar-refractivity contribution in [1.82, 2.24) is 5.32 Å². The molecule has 0 radical (unpaired) electrons. The Morgan fingerprint density at radius 2 is 1.84 bits per heavy atom. The van der Waals surface area contributed by atoms with Crippen LogP contribution in [-0.4, -0.2) is 18.5 Å². The van der Waals surface area contributed by atoms with Crippen molar-refractivity contribution in [3.8, 4) is 12.3 Å². The Kier molecular flexibility index (Phi) is 4.41. The van der Waals surface area contributed by atoms with Gasteiger partial charge >= 0.3 is 6.18 Å². The number of nitrogens with zero attached hydrogens (tertiary/aromatic N) is 1. The number of halogens is 3. The van der Waals surface area contributed by atoms with Gasteiger partial charge in [0.25, 0.3) is 5.91 Å². The maximum absolute atomic E-state index is 12.8. The molecule has 0 fully saturated rings. The van der Waals surface area contributed by atoms with E-state index in [9.17, 15) is 18.0 Å². The fourth-order valence-electron chi connectivity index (χ4n) is 2.99. The summed E-state index contributed by atoms with van der Waals surface area (Å²) in [6.45, 7) is 0.426. The molecule has 1 aliphatic heterocycles. The highest BCUT2D eigenvalue weighted by Crippen LogP contribution is 2.35. The standard InChI is InChI=1S/C19H15F3N2O/c1-2-18(25)23-15-11-13-5-3-4-6-17(13)24(12-15)16-9-7-14(8-10-16)19(20,21)22/h1,3-10,15H,11-12H2,(H,23,25). The van der Waals surface area contributed by atoms with Gasteiger partial charge in [0.15, 0.2) is 0 Å². The predicted octanol–water partition coefficient (Wildman–Crippen LogP) is 3.52. The van der Waals surface area contributed by atoms with Crippen LogP contribution in [0.25, 0.3) is 0 Å². The number of hydrogen-bond acceptors (Lipinski definition) is 2. The van der Waals surface area contributed by atoms with Gasteiger partial charge in [0.1, 0.15) is 0 Å². The molecule has 1 N–H and O–H groups in total. The predicted molar refractivity (Wildman–Crippen MR) is 89.4 cm³/mol. The summed E-state index contributed by atoms with van der Waals surface area (Å²) >= 11 is 0. The van der Waals surface area contributed by atoms with E-state index in [0.29, 0.717) is 18.7 Å². The largest absolute Gasteiger partial charge is 0.416 e. The Balaban J connectivity index is 1.93. The van der Waals surface area contributed by atoms with E-state index >= 15 is 0 Å². The van der Waals surface area contributed by atoms with Crippen LogP contribution in [0.2, 0.25) is 0 Å². The minimum atomic E-state index is -4.37. The number of rotatable bonds is 2. The second-order valence-corrected chi connectivity index (χ2v) is 5.80. The summed E-state index contributed by atoms with van der Waals surface area (Å²) in [5.41, 5.74) is 1.84. The van der Waals surface area contributed by atoms with Crippen LogP contribution in [0.5, 0.6) is 0 Å². The Hall–Kier alpha value is -2.94. The summed E-state index contributed by atoms with van der Waals surface area (Å²) in [6.07, 6.45) is 1.34. The zero-order valence-electron chi connectivity index (χ0n) is 13.2. The lowest BCUT2D eigenvalue weighted by atomic mass is 9.97. The first-order valence-electron chi connectivity index (χ1n) is 7.68. The van der Waals surface area contributed by atoms with E-state index in [1.807, 2.05) is 35.1 Å². The van der Waals surface area contributed by atoms with E-state index in [4.69, 9.17) is 6.42 Å². The lowest BCUT2D eigenvalue weighted by Gasteiger charge is -2.36. The second-order valence-electron chi connectivity index (χ2n) is 5.80. The van der Waals surface area contributed by atoms with Gasteiger partial charge in [0.2, 0.25) is 0 Å². The van der Waals surface area contributed by atoms with Crippen molar-refractivity contribution in [2.45, 2.75) is 18.6 Å². The molecule has 0 aromatic heterocycles. The summed E-state index contributed by atoms with van der Waals surface area (Å²) in [5.74, 6) is 1.52. The van der Waals surface area contributed by atoms with Gasteiger partial charge in [0, 0.05) is 17.9 Å². The van der Waals surface area contributed by atoms with E-state index in [0.717, 1.165) is 23.4 Å². The average molecular weight is 344 g/mol. The Labute approximate surface area is 143 Å². The van der Waals surface area contributed by atoms with Crippen molar-refractivity contribution in [3.63, 3.8) is 0 Å². The molecule has 1 atom stereocenters. The first kappa shape index (κ1) is 16.9. The van der Waals surface area contributed by atoms with Gasteiger partial charge in [0.05, 0.1) is 11.6 Å². The molecule has 1 heterocycles. The van der Waals surface area contributed by atoms with Crippen molar-refractivity contribution in [1.29, 1.82) is 0 Å². The number of terminal acetylenes is 1. The molecule has 128 valence electrons. The molecule has 3 rings (SSSR count). The van der Waals surface area contributed by atoms with Crippen LogP contribution in [0.3, 0.4) is 0 Å². The van der Waals surface area contributed by atoms with Crippen LogP contribution < -0.4 is 10.2 Å². The fourth-order valence-corrected chi connectivity index (χ4v) is 2.99. The van der Waals surface area contributed by atoms with E-state index in [1.165, 1.54) is 12.1 Å². The average Bonchev–Trinajstić information content (AvgIpc) is 2.60. The van der Waals surface area contributed by atoms with Crippen molar-refractivity contribution in [3.05, 3.63) is 59.7 Å². The normalized spacial score (nSPS) is 16.7. The highest BCUT2D eigenvalue weighted by molar-refractivity contribution is 5.93. The molecule has 3 nitrogen and oxygen atoms in total. The van der Waals surface area contributed by atoms with Gasteiger partial charge in [-0.1, -0.05) is 18.2 Å². The third kappa shape index (κ3) is 3.61. The molecule has 0 saturated carbocycles. The lowest BCUT2D eigenvalue weighted by molar-refractivity contribution is -0.137. The van der Waals surface area contributed by atoms with Crippen molar-refractivity contribution in [2.75, 3.05) is 11.4 Å². The fraction of sp³-hybridized carbons (Fsp3) is 0.211. The van der Waals surface area contributed by atoms with Crippen LogP contribution in [0.4, 0.5) is 24.5 Å². The van der Waals surface area contributed by atoms with Gasteiger partial charge in [-0.25, -0.2) is 0 Å². The summed E-state index contributed by atoms with van der Waals surface area (Å²) in [6, 6.07) is 12.4. The summed E-state index contributed by atoms with van der Waals surface area (Å²) < 4.78 is 38.3. The van der Waals surface area contributed by atoms with Crippen molar-refractivity contribution in [2.24, 2.45) is 0 Å². The molecule has 25 heavy (non-hydrogen) atoms. The molecule has 0 aliphatic carbocycles. The number of hydrogen-bond donors (Lipinski definition) is 1. The quantitative estimate of drug-likeness (QED) is 0.846. The minimum Gasteiger partial charge on any atom is -0.340 e. The topological polar surface area (TPSA) is 32.3 Å². The number of carbonyl (C=O) groups excluding carboxylic acids is 1. The van der Waals surface area contributed by atoms with Crippen LogP contribution >= 0.6 is 0 Å². The number of alkyl halides is 3. The minimum absolute atomic E-state index is 0.222. The molecule has 1 amide bonds. The third-order valence-corrected chi connectivity index (χ3v) is 4.12. The number of fused-ring (bicyclic) bond motifs is 1. The zero-order valence-corrected chi connectivity index (χ0v) is 13.2. The van der Waals surface area contributed by atoms with Crippen LogP contribution in [0.15, 0.2) is 48.5 Å². The molecular formula is C19H15F3N2O. The van der Waals surface area contributed by atoms with E-state index in [-0.39, 0.29) is 6.04 Å². The molecule has 0 saturated heterocycles. The highest BCUT2D eigenvalue weighted by atomic mass is 19.4. The highest BCUT2D eigenvalue weighted by Gasteiger charge is 2.31. The molecule has 6 heteroatoms. The summed E-state index contributed by atoms with van der Waals surface area (Å²) in [5, 5.41) is 2.75. The van der Waals surface area contributed by atoms with Gasteiger partial charge < -0.3 is 10.2 Å². The zero-order chi connectivity index (χ0) is 18.0. The number of nitrogens with one attached hydrogen (secondary N) is 1. The SMILES string of the molecule is C#CC(=O)NC1Cc2ccccc2N(c2ccc(C(F)(F)F)cc2)C1. The first-order chi connectivity index (χ1) is 11.9. The Morgan fingerprint density at radius 1 is 1.16 bits per heavy atom. The summed E-state index contributed by atoms with van der Waals surface area (Å²) in [4.78, 5) is 13.4. The molecular weight excluding hydrogens is 329 g/mol. The summed E-state index contributed by atoms with van der Waals surface area (Å²) in [7, 11) is 0. The number of anilines is 2. The molecule has 1 unspecified atom stereocenters. The van der Waals surface area contributed by atoms with Gasteiger partial charge in [-0.15, -0.1) is 6.42 Å². The number of amides is 1. The second kappa shape index (κ2) is 6.52. The van der Waals surface area contributed by atoms with E-state index in [2.05, 4.69) is 5.32 Å². The van der Waals surface area contributed by atoms with Crippen molar-refractivity contribution >= 4 is 17.3 Å². The molecule has 2 aromatic carbocycles. The van der Waals surface area contributed by atoms with E-state index in [1.54, 1.807) is 0 Å². The number of para-hydroxylation sites is 1. The van der Waals surface area contributed by atoms with E-state index < -0.39 is 17.6 Å². The molecule has 0 spiro atoms. The number of carbonyl (C=O) groups is 1. The molecule has 2 aromatic rings. The number of benzene rings is 2. The van der Waals surface area contributed by atoms with Crippen LogP contribution in [-0.2, 0) is 17.4 Å².